The van der Waals surface area contributed by atoms with Gasteiger partial charge in [0.25, 0.3) is 11.4 Å². The fourth-order valence-electron chi connectivity index (χ4n) is 7.12. The zero-order valence-corrected chi connectivity index (χ0v) is 28.2. The van der Waals surface area contributed by atoms with Crippen LogP contribution in [0.15, 0.2) is 183 Å². The van der Waals surface area contributed by atoms with E-state index in [1.807, 2.05) is 30.5 Å². The lowest BCUT2D eigenvalue weighted by Gasteiger charge is -2.09. The van der Waals surface area contributed by atoms with E-state index in [1.54, 1.807) is 6.20 Å². The van der Waals surface area contributed by atoms with Gasteiger partial charge in [-0.25, -0.2) is 0 Å². The van der Waals surface area contributed by atoms with Crippen molar-refractivity contribution in [1.82, 2.24) is 9.97 Å². The number of aryl methyl sites for hydroxylation is 2. The van der Waals surface area contributed by atoms with Crippen LogP contribution in [0.25, 0.3) is 78.4 Å². The average molecular weight is 657 g/mol. The van der Waals surface area contributed by atoms with Crippen molar-refractivity contribution >= 4 is 0 Å². The van der Waals surface area contributed by atoms with Gasteiger partial charge in [0.15, 0.2) is 25.5 Å². The van der Waals surface area contributed by atoms with E-state index in [4.69, 9.17) is 0 Å². The van der Waals surface area contributed by atoms with E-state index in [9.17, 15) is 0 Å². The zero-order valence-electron chi connectivity index (χ0n) is 28.2. The fraction of sp³-hybridized carbons (Fsp3) is 0.0638. The lowest BCUT2D eigenvalue weighted by atomic mass is 9.96. The number of pyridine rings is 4. The highest BCUT2D eigenvalue weighted by molar-refractivity contribution is 5.77. The van der Waals surface area contributed by atoms with Crippen LogP contribution in [0.5, 0.6) is 0 Å². The molecule has 5 heterocycles. The van der Waals surface area contributed by atoms with E-state index in [0.29, 0.717) is 0 Å². The van der Waals surface area contributed by atoms with Gasteiger partial charge in [-0.3, -0.25) is 9.97 Å². The Labute approximate surface area is 298 Å². The molecule has 4 aromatic heterocycles. The van der Waals surface area contributed by atoms with Crippen molar-refractivity contribution in [2.24, 2.45) is 0 Å². The van der Waals surface area contributed by atoms with E-state index < -0.39 is 0 Å². The molecule has 4 nitrogen and oxygen atoms in total. The molecule has 4 heteroatoms. The summed E-state index contributed by atoms with van der Waals surface area (Å²) in [5, 5.41) is 0. The monoisotopic (exact) mass is 656 g/mol. The Hall–Kier alpha value is -6.52. The molecule has 0 N–H and O–H groups in total. The van der Waals surface area contributed by atoms with Crippen molar-refractivity contribution in [2.75, 3.05) is 0 Å². The molecule has 51 heavy (non-hydrogen) atoms. The smallest absolute Gasteiger partial charge is 0.255 e. The zero-order chi connectivity index (χ0) is 34.0. The van der Waals surface area contributed by atoms with Crippen LogP contribution >= 0.6 is 0 Å². The van der Waals surface area contributed by atoms with Crippen molar-refractivity contribution in [3.63, 3.8) is 0 Å². The maximum Gasteiger partial charge on any atom is 0.277 e. The Balaban J connectivity index is 0.889. The van der Waals surface area contributed by atoms with Crippen LogP contribution in [0.1, 0.15) is 6.42 Å². The number of hydrogen-bond acceptors (Lipinski definition) is 2. The molecule has 0 amide bonds. The minimum Gasteiger partial charge on any atom is -0.255 e. The molecule has 1 aliphatic rings. The Bertz CT molecular complexity index is 2450. The van der Waals surface area contributed by atoms with Gasteiger partial charge in [0, 0.05) is 36.7 Å². The molecule has 0 atom stereocenters. The minimum atomic E-state index is 0.875. The minimum absolute atomic E-state index is 0.875. The van der Waals surface area contributed by atoms with Crippen LogP contribution in [0, 0.1) is 0 Å². The third-order valence-corrected chi connectivity index (χ3v) is 9.93. The number of rotatable bonds is 6. The molecule has 0 saturated heterocycles. The maximum atomic E-state index is 4.52. The highest BCUT2D eigenvalue weighted by Gasteiger charge is 2.26. The molecule has 0 spiro atoms. The van der Waals surface area contributed by atoms with Crippen molar-refractivity contribution in [2.45, 2.75) is 19.5 Å². The summed E-state index contributed by atoms with van der Waals surface area (Å²) >= 11 is 0. The van der Waals surface area contributed by atoms with Gasteiger partial charge in [-0.15, -0.1) is 0 Å². The Morgan fingerprint density at radius 2 is 0.804 bits per heavy atom. The van der Waals surface area contributed by atoms with Crippen LogP contribution in [0.3, 0.4) is 0 Å². The van der Waals surface area contributed by atoms with Crippen LogP contribution in [-0.2, 0) is 13.1 Å². The van der Waals surface area contributed by atoms with E-state index in [-0.39, 0.29) is 0 Å². The average Bonchev–Trinajstić information content (AvgIpc) is 3.41. The fourth-order valence-corrected chi connectivity index (χ4v) is 7.12. The van der Waals surface area contributed by atoms with E-state index >= 15 is 0 Å². The van der Waals surface area contributed by atoms with Crippen molar-refractivity contribution in [3.05, 3.63) is 183 Å². The second-order valence-electron chi connectivity index (χ2n) is 13.1. The number of nitrogens with zero attached hydrogens (tertiary/aromatic N) is 4. The summed E-state index contributed by atoms with van der Waals surface area (Å²) in [5.41, 5.74) is 16.3. The van der Waals surface area contributed by atoms with E-state index in [2.05, 4.69) is 165 Å². The van der Waals surface area contributed by atoms with Crippen LogP contribution in [0.4, 0.5) is 0 Å². The molecule has 0 radical (unpaired) electrons. The van der Waals surface area contributed by atoms with Crippen molar-refractivity contribution in [3.8, 4) is 78.4 Å². The molecular weight excluding hydrogens is 621 g/mol. The molecule has 9 rings (SSSR count). The van der Waals surface area contributed by atoms with Crippen LogP contribution in [0.2, 0.25) is 0 Å². The first-order valence-electron chi connectivity index (χ1n) is 17.6. The summed E-state index contributed by atoms with van der Waals surface area (Å²) in [7, 11) is 0. The summed E-state index contributed by atoms with van der Waals surface area (Å²) in [6.07, 6.45) is 9.22. The predicted octanol–water partition coefficient (Wildman–Crippen LogP) is 10.1. The summed E-state index contributed by atoms with van der Waals surface area (Å²) in [5.74, 6) is 0. The first-order chi connectivity index (χ1) is 25.2. The highest BCUT2D eigenvalue weighted by atomic mass is 15.1. The molecule has 0 aliphatic carbocycles. The maximum absolute atomic E-state index is 4.52. The Morgan fingerprint density at radius 1 is 0.333 bits per heavy atom. The van der Waals surface area contributed by atoms with Crippen LogP contribution in [-0.4, -0.2) is 9.97 Å². The number of benzene rings is 4. The van der Waals surface area contributed by atoms with Gasteiger partial charge in [-0.1, -0.05) is 103 Å². The Morgan fingerprint density at radius 3 is 1.33 bits per heavy atom. The molecule has 0 saturated carbocycles. The van der Waals surface area contributed by atoms with Crippen molar-refractivity contribution < 1.29 is 9.13 Å². The van der Waals surface area contributed by atoms with Gasteiger partial charge in [-0.2, -0.15) is 9.13 Å². The summed E-state index contributed by atoms with van der Waals surface area (Å²) in [4.78, 5) is 8.97. The molecule has 242 valence electrons. The quantitative estimate of drug-likeness (QED) is 0.167. The van der Waals surface area contributed by atoms with Gasteiger partial charge in [0.2, 0.25) is 0 Å². The van der Waals surface area contributed by atoms with E-state index in [0.717, 1.165) is 42.0 Å². The molecule has 1 aliphatic heterocycles. The lowest BCUT2D eigenvalue weighted by molar-refractivity contribution is -0.687. The number of aromatic nitrogens is 4. The highest BCUT2D eigenvalue weighted by Crippen LogP contribution is 2.31. The summed E-state index contributed by atoms with van der Waals surface area (Å²) in [6, 6.07) is 56.5. The van der Waals surface area contributed by atoms with Crippen molar-refractivity contribution in [1.29, 1.82) is 0 Å². The molecule has 4 aromatic carbocycles. The molecule has 8 aromatic rings. The Kier molecular flexibility index (Phi) is 8.03. The standard InChI is InChI=1S/C47H36N4/c1-3-26-48-44(6-1)45-32-42(24-27-49-45)40-20-16-38(17-21-40)36-12-8-34(9-13-36)35-10-14-37(15-11-35)39-18-22-41(23-19-39)43-25-31-51-30-5-29-50-28-4-2-7-46(50)47(51)33-43/h1-4,6-28,31-33H,5,29-30H2/q+2. The first kappa shape index (κ1) is 30.5. The largest absolute Gasteiger partial charge is 0.277 e. The van der Waals surface area contributed by atoms with Gasteiger partial charge in [-0.05, 0) is 86.0 Å². The van der Waals surface area contributed by atoms with Gasteiger partial charge < -0.3 is 0 Å². The molecular formula is C47H36N4+2. The second-order valence-corrected chi connectivity index (χ2v) is 13.1. The van der Waals surface area contributed by atoms with Gasteiger partial charge >= 0.3 is 0 Å². The topological polar surface area (TPSA) is 33.5 Å². The lowest BCUT2D eigenvalue weighted by Crippen LogP contribution is -2.37. The second kappa shape index (κ2) is 13.4. The summed E-state index contributed by atoms with van der Waals surface area (Å²) in [6.45, 7) is 2.08. The normalized spacial score (nSPS) is 12.1. The molecule has 0 unspecified atom stereocenters. The van der Waals surface area contributed by atoms with Gasteiger partial charge in [0.1, 0.15) is 0 Å². The number of fused-ring (bicyclic) bond motifs is 3. The number of hydrogen-bond donors (Lipinski definition) is 0. The molecule has 0 bridgehead atoms. The summed E-state index contributed by atoms with van der Waals surface area (Å²) < 4.78 is 4.75. The molecule has 0 fully saturated rings. The van der Waals surface area contributed by atoms with Gasteiger partial charge in [0.05, 0.1) is 17.8 Å². The third kappa shape index (κ3) is 6.24. The predicted molar refractivity (Wildman–Crippen MR) is 205 cm³/mol. The first-order valence-corrected chi connectivity index (χ1v) is 17.6. The van der Waals surface area contributed by atoms with Crippen LogP contribution < -0.4 is 9.13 Å². The SMILES string of the molecule is c1ccc(-c2cc(-c3ccc(-c4ccc(-c5ccc(-c6ccc(-c7cc[n+]8c(c7)-c7cccc[n+]7CCC8)cc6)cc5)cc4)cc3)ccn2)nc1. The van der Waals surface area contributed by atoms with E-state index in [1.165, 1.54) is 55.9 Å². The third-order valence-electron chi connectivity index (χ3n) is 9.93.